The number of hydrogen-bond donors (Lipinski definition) is 1. The van der Waals surface area contributed by atoms with Gasteiger partial charge in [0, 0.05) is 6.04 Å². The van der Waals surface area contributed by atoms with Crippen LogP contribution in [0.2, 0.25) is 0 Å². The molecule has 0 saturated carbocycles. The van der Waals surface area contributed by atoms with E-state index >= 15 is 0 Å². The van der Waals surface area contributed by atoms with E-state index in [2.05, 4.69) is 35.1 Å². The molecule has 2 unspecified atom stereocenters. The predicted octanol–water partition coefficient (Wildman–Crippen LogP) is 3.24. The Labute approximate surface area is 96.0 Å². The lowest BCUT2D eigenvalue weighted by atomic mass is 10.1. The summed E-state index contributed by atoms with van der Waals surface area (Å²) in [5, 5.41) is 3.00. The zero-order valence-corrected chi connectivity index (χ0v) is 11.1. The second kappa shape index (κ2) is 8.27. The minimum Gasteiger partial charge on any atom is -0.353 e. The molecule has 0 aromatic heterocycles. The van der Waals surface area contributed by atoms with Gasteiger partial charge in [0.2, 0.25) is 5.91 Å². The predicted molar refractivity (Wildman–Crippen MR) is 64.8 cm³/mol. The number of carbonyl (C=O) groups is 1. The lowest BCUT2D eigenvalue weighted by Crippen LogP contribution is -2.37. The Balaban J connectivity index is 3.60. The fraction of sp³-hybridized carbons (Fsp3) is 0.909. The molecule has 0 aromatic rings. The monoisotopic (exact) mass is 263 g/mol. The van der Waals surface area contributed by atoms with Crippen LogP contribution in [0, 0.1) is 0 Å². The van der Waals surface area contributed by atoms with Crippen LogP contribution in [-0.4, -0.2) is 16.8 Å². The lowest BCUT2D eigenvalue weighted by Gasteiger charge is -2.15. The summed E-state index contributed by atoms with van der Waals surface area (Å²) in [4.78, 5) is 11.4. The highest BCUT2D eigenvalue weighted by atomic mass is 79.9. The first-order chi connectivity index (χ1) is 6.61. The van der Waals surface area contributed by atoms with E-state index in [0.717, 1.165) is 12.8 Å². The van der Waals surface area contributed by atoms with E-state index in [-0.39, 0.29) is 10.7 Å². The first-order valence-corrected chi connectivity index (χ1v) is 6.47. The number of amides is 1. The Kier molecular flexibility index (Phi) is 8.24. The van der Waals surface area contributed by atoms with E-state index in [1.165, 1.54) is 19.3 Å². The smallest absolute Gasteiger partial charge is 0.233 e. The van der Waals surface area contributed by atoms with Gasteiger partial charge < -0.3 is 5.32 Å². The van der Waals surface area contributed by atoms with Gasteiger partial charge >= 0.3 is 0 Å². The third-order valence-electron chi connectivity index (χ3n) is 2.27. The van der Waals surface area contributed by atoms with Crippen molar-refractivity contribution in [2.45, 2.75) is 63.7 Å². The summed E-state index contributed by atoms with van der Waals surface area (Å²) in [6.45, 7) is 6.26. The standard InChI is InChI=1S/C11H22BrNO/c1-4-6-7-8-9(3)13-11(14)10(12)5-2/h9-10H,4-8H2,1-3H3,(H,13,14). The van der Waals surface area contributed by atoms with Gasteiger partial charge in [-0.1, -0.05) is 49.0 Å². The molecule has 0 radical (unpaired) electrons. The van der Waals surface area contributed by atoms with E-state index in [0.29, 0.717) is 6.04 Å². The molecule has 0 fully saturated rings. The van der Waals surface area contributed by atoms with Crippen molar-refractivity contribution in [3.8, 4) is 0 Å². The molecule has 2 nitrogen and oxygen atoms in total. The van der Waals surface area contributed by atoms with Crippen molar-refractivity contribution < 1.29 is 4.79 Å². The van der Waals surface area contributed by atoms with Crippen LogP contribution >= 0.6 is 15.9 Å². The minimum atomic E-state index is -0.0314. The summed E-state index contributed by atoms with van der Waals surface area (Å²) in [7, 11) is 0. The molecule has 0 heterocycles. The van der Waals surface area contributed by atoms with Crippen LogP contribution in [0.1, 0.15) is 52.9 Å². The minimum absolute atomic E-state index is 0.0314. The summed E-state index contributed by atoms with van der Waals surface area (Å²) in [6, 6.07) is 0.306. The molecule has 0 aliphatic rings. The van der Waals surface area contributed by atoms with Crippen LogP contribution < -0.4 is 5.32 Å². The average Bonchev–Trinajstić information content (AvgIpc) is 2.16. The SMILES string of the molecule is CCCCCC(C)NC(=O)C(Br)CC. The topological polar surface area (TPSA) is 29.1 Å². The second-order valence-corrected chi connectivity index (χ2v) is 4.89. The highest BCUT2D eigenvalue weighted by Gasteiger charge is 2.14. The number of carbonyl (C=O) groups excluding carboxylic acids is 1. The molecule has 0 aromatic carbocycles. The summed E-state index contributed by atoms with van der Waals surface area (Å²) in [5.74, 6) is 0.122. The van der Waals surface area contributed by atoms with Crippen molar-refractivity contribution in [3.63, 3.8) is 0 Å². The van der Waals surface area contributed by atoms with Crippen molar-refractivity contribution in [3.05, 3.63) is 0 Å². The zero-order valence-electron chi connectivity index (χ0n) is 9.48. The van der Waals surface area contributed by atoms with Crippen LogP contribution in [0.3, 0.4) is 0 Å². The van der Waals surface area contributed by atoms with Crippen molar-refractivity contribution >= 4 is 21.8 Å². The van der Waals surface area contributed by atoms with Gasteiger partial charge in [-0.3, -0.25) is 4.79 Å². The van der Waals surface area contributed by atoms with Crippen molar-refractivity contribution in [2.24, 2.45) is 0 Å². The number of alkyl halides is 1. The number of hydrogen-bond acceptors (Lipinski definition) is 1. The van der Waals surface area contributed by atoms with Crippen LogP contribution in [0.5, 0.6) is 0 Å². The molecule has 14 heavy (non-hydrogen) atoms. The molecule has 84 valence electrons. The highest BCUT2D eigenvalue weighted by molar-refractivity contribution is 9.10. The Morgan fingerprint density at radius 2 is 2.00 bits per heavy atom. The molecule has 2 atom stereocenters. The molecule has 1 N–H and O–H groups in total. The normalized spacial score (nSPS) is 14.9. The van der Waals surface area contributed by atoms with Gasteiger partial charge in [0.15, 0.2) is 0 Å². The van der Waals surface area contributed by atoms with Gasteiger partial charge in [0.25, 0.3) is 0 Å². The van der Waals surface area contributed by atoms with E-state index in [4.69, 9.17) is 0 Å². The maximum atomic E-state index is 11.5. The Hall–Kier alpha value is -0.0500. The quantitative estimate of drug-likeness (QED) is 0.555. The number of halogens is 1. The fourth-order valence-corrected chi connectivity index (χ4v) is 1.42. The Morgan fingerprint density at radius 1 is 1.36 bits per heavy atom. The summed E-state index contributed by atoms with van der Waals surface area (Å²) < 4.78 is 0. The highest BCUT2D eigenvalue weighted by Crippen LogP contribution is 2.07. The summed E-state index contributed by atoms with van der Waals surface area (Å²) in [6.07, 6.45) is 5.62. The first-order valence-electron chi connectivity index (χ1n) is 5.56. The molecular formula is C11H22BrNO. The van der Waals surface area contributed by atoms with Crippen molar-refractivity contribution in [1.82, 2.24) is 5.32 Å². The Morgan fingerprint density at radius 3 is 2.50 bits per heavy atom. The van der Waals surface area contributed by atoms with E-state index < -0.39 is 0 Å². The molecule has 0 saturated heterocycles. The van der Waals surface area contributed by atoms with Crippen LogP contribution in [0.25, 0.3) is 0 Å². The largest absolute Gasteiger partial charge is 0.353 e. The van der Waals surface area contributed by atoms with Gasteiger partial charge in [0.1, 0.15) is 0 Å². The van der Waals surface area contributed by atoms with Gasteiger partial charge in [-0.05, 0) is 19.8 Å². The lowest BCUT2D eigenvalue weighted by molar-refractivity contribution is -0.121. The molecule has 3 heteroatoms. The molecule has 0 spiro atoms. The van der Waals surface area contributed by atoms with Crippen molar-refractivity contribution in [1.29, 1.82) is 0 Å². The van der Waals surface area contributed by atoms with E-state index in [1.54, 1.807) is 0 Å². The summed E-state index contributed by atoms with van der Waals surface area (Å²) >= 11 is 3.34. The number of rotatable bonds is 7. The van der Waals surface area contributed by atoms with Crippen LogP contribution in [0.4, 0.5) is 0 Å². The first kappa shape index (κ1) is 13.9. The fourth-order valence-electron chi connectivity index (χ4n) is 1.29. The maximum Gasteiger partial charge on any atom is 0.233 e. The second-order valence-electron chi connectivity index (χ2n) is 3.78. The Bertz CT molecular complexity index is 161. The van der Waals surface area contributed by atoms with Gasteiger partial charge in [-0.15, -0.1) is 0 Å². The van der Waals surface area contributed by atoms with Gasteiger partial charge in [0.05, 0.1) is 4.83 Å². The van der Waals surface area contributed by atoms with Gasteiger partial charge in [-0.25, -0.2) is 0 Å². The van der Waals surface area contributed by atoms with Crippen molar-refractivity contribution in [2.75, 3.05) is 0 Å². The zero-order chi connectivity index (χ0) is 11.0. The molecular weight excluding hydrogens is 242 g/mol. The van der Waals surface area contributed by atoms with Crippen LogP contribution in [-0.2, 0) is 4.79 Å². The third-order valence-corrected chi connectivity index (χ3v) is 3.34. The third kappa shape index (κ3) is 6.41. The van der Waals surface area contributed by atoms with Gasteiger partial charge in [-0.2, -0.15) is 0 Å². The molecule has 0 aliphatic heterocycles. The number of unbranched alkanes of at least 4 members (excludes halogenated alkanes) is 2. The number of nitrogens with one attached hydrogen (secondary N) is 1. The summed E-state index contributed by atoms with van der Waals surface area (Å²) in [5.41, 5.74) is 0. The van der Waals surface area contributed by atoms with E-state index in [1.807, 2.05) is 6.92 Å². The molecule has 1 amide bonds. The molecule has 0 bridgehead atoms. The van der Waals surface area contributed by atoms with E-state index in [9.17, 15) is 4.79 Å². The maximum absolute atomic E-state index is 11.5. The molecule has 0 aliphatic carbocycles. The molecule has 0 rings (SSSR count). The van der Waals surface area contributed by atoms with Crippen LogP contribution in [0.15, 0.2) is 0 Å². The average molecular weight is 264 g/mol.